The number of hydrogen-bond acceptors (Lipinski definition) is 8. The first-order chi connectivity index (χ1) is 13.3. The van der Waals surface area contributed by atoms with Crippen LogP contribution >= 0.6 is 23.5 Å². The standard InChI is InChI=1S/C20H25N3O3S2/c1-6-9-16-17(19(25)26-7-2)27-20(22(16)5)23(21-18(28-20)14(4)24)15-11-8-10-13(3)12-15/h8,10-12H,6-7,9H2,1-5H3. The van der Waals surface area contributed by atoms with E-state index in [1.54, 1.807) is 6.92 Å². The van der Waals surface area contributed by atoms with Gasteiger partial charge in [0, 0.05) is 19.7 Å². The minimum absolute atomic E-state index is 0.0878. The molecule has 0 amide bonds. The van der Waals surface area contributed by atoms with Crippen LogP contribution in [0, 0.1) is 6.92 Å². The highest BCUT2D eigenvalue weighted by Crippen LogP contribution is 2.59. The first-order valence-electron chi connectivity index (χ1n) is 9.32. The molecule has 6 nitrogen and oxygen atoms in total. The Bertz CT molecular complexity index is 868. The molecule has 2 heterocycles. The van der Waals surface area contributed by atoms with Gasteiger partial charge in [-0.3, -0.25) is 4.79 Å². The zero-order valence-electron chi connectivity index (χ0n) is 16.8. The highest BCUT2D eigenvalue weighted by molar-refractivity contribution is 8.28. The van der Waals surface area contributed by atoms with Crippen molar-refractivity contribution in [2.24, 2.45) is 5.10 Å². The molecule has 150 valence electrons. The lowest BCUT2D eigenvalue weighted by Gasteiger charge is -2.39. The van der Waals surface area contributed by atoms with Crippen molar-refractivity contribution in [2.45, 2.75) is 44.9 Å². The number of anilines is 1. The lowest BCUT2D eigenvalue weighted by molar-refractivity contribution is -0.137. The number of hydrazone groups is 1. The number of esters is 1. The number of allylic oxidation sites excluding steroid dienone is 1. The molecule has 3 rings (SSSR count). The molecule has 28 heavy (non-hydrogen) atoms. The summed E-state index contributed by atoms with van der Waals surface area (Å²) in [6.07, 6.45) is 1.64. The molecule has 0 saturated heterocycles. The van der Waals surface area contributed by atoms with E-state index in [1.165, 1.54) is 30.4 Å². The predicted molar refractivity (Wildman–Crippen MR) is 116 cm³/mol. The minimum Gasteiger partial charge on any atom is -0.462 e. The van der Waals surface area contributed by atoms with Crippen molar-refractivity contribution in [3.8, 4) is 0 Å². The number of nitrogens with zero attached hydrogens (tertiary/aromatic N) is 3. The van der Waals surface area contributed by atoms with Gasteiger partial charge < -0.3 is 9.64 Å². The maximum absolute atomic E-state index is 12.7. The van der Waals surface area contributed by atoms with Crippen molar-refractivity contribution < 1.29 is 14.3 Å². The zero-order valence-corrected chi connectivity index (χ0v) is 18.4. The average Bonchev–Trinajstić information content (AvgIpc) is 3.17. The summed E-state index contributed by atoms with van der Waals surface area (Å²) in [7, 11) is 1.96. The van der Waals surface area contributed by atoms with Gasteiger partial charge in [0.15, 0.2) is 10.8 Å². The van der Waals surface area contributed by atoms with E-state index in [-0.39, 0.29) is 11.8 Å². The Labute approximate surface area is 174 Å². The summed E-state index contributed by atoms with van der Waals surface area (Å²) < 4.78 is 4.55. The smallest absolute Gasteiger partial charge is 0.346 e. The van der Waals surface area contributed by atoms with Crippen LogP contribution in [0.1, 0.15) is 39.2 Å². The number of thioether (sulfide) groups is 2. The maximum Gasteiger partial charge on any atom is 0.346 e. The maximum atomic E-state index is 12.7. The van der Waals surface area contributed by atoms with Crippen molar-refractivity contribution in [1.82, 2.24) is 4.90 Å². The van der Waals surface area contributed by atoms with Gasteiger partial charge in [-0.2, -0.15) is 5.10 Å². The van der Waals surface area contributed by atoms with Crippen LogP contribution < -0.4 is 5.01 Å². The molecule has 0 saturated carbocycles. The largest absolute Gasteiger partial charge is 0.462 e. The van der Waals surface area contributed by atoms with Gasteiger partial charge in [0.2, 0.25) is 4.33 Å². The monoisotopic (exact) mass is 419 g/mol. The third-order valence-electron chi connectivity index (χ3n) is 4.51. The van der Waals surface area contributed by atoms with Gasteiger partial charge in [-0.25, -0.2) is 9.80 Å². The molecule has 0 fully saturated rings. The van der Waals surface area contributed by atoms with Crippen molar-refractivity contribution in [2.75, 3.05) is 18.7 Å². The minimum atomic E-state index is -0.763. The second-order valence-electron chi connectivity index (χ2n) is 6.67. The first kappa shape index (κ1) is 20.8. The van der Waals surface area contributed by atoms with E-state index >= 15 is 0 Å². The summed E-state index contributed by atoms with van der Waals surface area (Å²) in [6, 6.07) is 7.99. The van der Waals surface area contributed by atoms with Crippen LogP contribution in [-0.4, -0.2) is 39.7 Å². The molecule has 1 unspecified atom stereocenters. The van der Waals surface area contributed by atoms with Gasteiger partial charge in [0.25, 0.3) is 0 Å². The molecule has 1 atom stereocenters. The number of ketones is 1. The molecule has 0 bridgehead atoms. The number of benzene rings is 1. The third-order valence-corrected chi connectivity index (χ3v) is 7.60. The molecule has 1 aromatic carbocycles. The molecule has 8 heteroatoms. The number of hydrogen-bond donors (Lipinski definition) is 0. The normalized spacial score (nSPS) is 21.5. The number of Topliss-reactive ketones (excluding diaryl/α,β-unsaturated/α-hetero) is 1. The number of carbonyl (C=O) groups is 2. The summed E-state index contributed by atoms with van der Waals surface area (Å²) >= 11 is 2.79. The quantitative estimate of drug-likeness (QED) is 0.637. The Morgan fingerprint density at radius 1 is 1.25 bits per heavy atom. The van der Waals surface area contributed by atoms with E-state index in [9.17, 15) is 9.59 Å². The SMILES string of the molecule is CCCC1=C(C(=O)OCC)SC2(SC(C(C)=O)=NN2c2cccc(C)c2)N1C. The fraction of sp³-hybridized carbons (Fsp3) is 0.450. The Kier molecular flexibility index (Phi) is 6.09. The zero-order chi connectivity index (χ0) is 20.5. The Balaban J connectivity index is 2.08. The molecule has 1 spiro atoms. The van der Waals surface area contributed by atoms with E-state index in [1.807, 2.05) is 43.2 Å². The van der Waals surface area contributed by atoms with Gasteiger partial charge in [0.05, 0.1) is 12.3 Å². The van der Waals surface area contributed by atoms with Crippen LogP contribution in [0.3, 0.4) is 0 Å². The van der Waals surface area contributed by atoms with Gasteiger partial charge in [-0.05, 0) is 49.7 Å². The average molecular weight is 420 g/mol. The van der Waals surface area contributed by atoms with E-state index in [4.69, 9.17) is 4.74 Å². The van der Waals surface area contributed by atoms with E-state index < -0.39 is 4.33 Å². The molecule has 1 aromatic rings. The fourth-order valence-corrected chi connectivity index (χ4v) is 6.09. The van der Waals surface area contributed by atoms with E-state index in [0.717, 1.165) is 29.8 Å². The van der Waals surface area contributed by atoms with Crippen LogP contribution in [0.25, 0.3) is 0 Å². The lowest BCUT2D eigenvalue weighted by Crippen LogP contribution is -2.47. The molecule has 0 N–H and O–H groups in total. The summed E-state index contributed by atoms with van der Waals surface area (Å²) in [5.41, 5.74) is 2.90. The second-order valence-corrected chi connectivity index (χ2v) is 9.27. The summed E-state index contributed by atoms with van der Waals surface area (Å²) in [5.74, 6) is -0.407. The van der Waals surface area contributed by atoms with E-state index in [2.05, 4.69) is 16.9 Å². The first-order valence-corrected chi connectivity index (χ1v) is 11.0. The van der Waals surface area contributed by atoms with Crippen molar-refractivity contribution in [1.29, 1.82) is 0 Å². The highest BCUT2D eigenvalue weighted by Gasteiger charge is 2.56. The molecule has 2 aliphatic heterocycles. The molecule has 0 radical (unpaired) electrons. The van der Waals surface area contributed by atoms with Crippen LogP contribution in [-0.2, 0) is 14.3 Å². The van der Waals surface area contributed by atoms with Crippen LogP contribution in [0.2, 0.25) is 0 Å². The van der Waals surface area contributed by atoms with Crippen molar-refractivity contribution in [3.63, 3.8) is 0 Å². The highest BCUT2D eigenvalue weighted by atomic mass is 32.2. The lowest BCUT2D eigenvalue weighted by atomic mass is 10.2. The van der Waals surface area contributed by atoms with Crippen LogP contribution in [0.15, 0.2) is 40.0 Å². The Hall–Kier alpha value is -1.93. The fourth-order valence-electron chi connectivity index (χ4n) is 3.20. The topological polar surface area (TPSA) is 62.2 Å². The molecule has 0 aliphatic carbocycles. The van der Waals surface area contributed by atoms with Gasteiger partial charge in [-0.1, -0.05) is 37.2 Å². The Morgan fingerprint density at radius 2 is 2.00 bits per heavy atom. The molecule has 0 aromatic heterocycles. The van der Waals surface area contributed by atoms with Crippen molar-refractivity contribution >= 4 is 46.0 Å². The van der Waals surface area contributed by atoms with Crippen LogP contribution in [0.5, 0.6) is 0 Å². The second kappa shape index (κ2) is 8.21. The third kappa shape index (κ3) is 3.55. The molecular weight excluding hydrogens is 394 g/mol. The Morgan fingerprint density at radius 3 is 2.61 bits per heavy atom. The van der Waals surface area contributed by atoms with Gasteiger partial charge in [0.1, 0.15) is 4.91 Å². The molecule has 2 aliphatic rings. The summed E-state index contributed by atoms with van der Waals surface area (Å²) in [4.78, 5) is 27.5. The molecular formula is C20H25N3O3S2. The number of rotatable bonds is 6. The summed E-state index contributed by atoms with van der Waals surface area (Å²) in [6.45, 7) is 7.74. The number of ether oxygens (including phenoxy) is 1. The number of aryl methyl sites for hydroxylation is 1. The van der Waals surface area contributed by atoms with E-state index in [0.29, 0.717) is 16.6 Å². The van der Waals surface area contributed by atoms with Crippen LogP contribution in [0.4, 0.5) is 5.69 Å². The van der Waals surface area contributed by atoms with Crippen molar-refractivity contribution in [3.05, 3.63) is 40.4 Å². The van der Waals surface area contributed by atoms with Gasteiger partial charge in [-0.15, -0.1) is 0 Å². The predicted octanol–water partition coefficient (Wildman–Crippen LogP) is 4.32. The number of carbonyl (C=O) groups excluding carboxylic acids is 2. The summed E-state index contributed by atoms with van der Waals surface area (Å²) in [5, 5.41) is 6.93. The van der Waals surface area contributed by atoms with Gasteiger partial charge >= 0.3 is 5.97 Å².